The zero-order valence-corrected chi connectivity index (χ0v) is 12.9. The van der Waals surface area contributed by atoms with Crippen molar-refractivity contribution in [2.24, 2.45) is 5.10 Å². The molecular weight excluding hydrogens is 312 g/mol. The van der Waals surface area contributed by atoms with Gasteiger partial charge < -0.3 is 5.11 Å². The number of benzene rings is 1. The van der Waals surface area contributed by atoms with Crippen molar-refractivity contribution in [2.45, 2.75) is 10.9 Å². The number of nitrogens with zero attached hydrogens (tertiary/aromatic N) is 4. The molecule has 23 heavy (non-hydrogen) atoms. The van der Waals surface area contributed by atoms with Gasteiger partial charge in [-0.3, -0.25) is 4.98 Å². The summed E-state index contributed by atoms with van der Waals surface area (Å²) in [6.45, 7) is 0. The summed E-state index contributed by atoms with van der Waals surface area (Å²) in [4.78, 5) is 8.27. The Morgan fingerprint density at radius 1 is 1.17 bits per heavy atom. The second-order valence-corrected chi connectivity index (χ2v) is 5.51. The van der Waals surface area contributed by atoms with Crippen LogP contribution in [0.25, 0.3) is 0 Å². The molecule has 0 aliphatic rings. The summed E-state index contributed by atoms with van der Waals surface area (Å²) in [7, 11) is 0. The van der Waals surface area contributed by atoms with Crippen molar-refractivity contribution in [3.05, 3.63) is 59.9 Å². The van der Waals surface area contributed by atoms with Crippen LogP contribution in [0.4, 0.5) is 5.95 Å². The number of hydrazone groups is 1. The second kappa shape index (κ2) is 7.41. The van der Waals surface area contributed by atoms with E-state index in [1.165, 1.54) is 11.8 Å². The number of aromatic hydroxyl groups is 1. The number of rotatable bonds is 6. The first kappa shape index (κ1) is 15.0. The first-order valence-electron chi connectivity index (χ1n) is 6.82. The van der Waals surface area contributed by atoms with E-state index in [4.69, 9.17) is 0 Å². The minimum Gasteiger partial charge on any atom is -0.508 e. The molecule has 0 saturated heterocycles. The van der Waals surface area contributed by atoms with E-state index in [1.807, 2.05) is 12.1 Å². The third-order valence-corrected chi connectivity index (χ3v) is 3.78. The van der Waals surface area contributed by atoms with Crippen LogP contribution in [0.3, 0.4) is 0 Å². The largest absolute Gasteiger partial charge is 0.508 e. The normalized spacial score (nSPS) is 11.0. The molecule has 3 rings (SSSR count). The Morgan fingerprint density at radius 2 is 1.96 bits per heavy atom. The van der Waals surface area contributed by atoms with Crippen molar-refractivity contribution >= 4 is 23.9 Å². The van der Waals surface area contributed by atoms with Crippen molar-refractivity contribution in [1.29, 1.82) is 0 Å². The Hall–Kier alpha value is -2.87. The second-order valence-electron chi connectivity index (χ2n) is 4.57. The highest BCUT2D eigenvalue weighted by Crippen LogP contribution is 2.19. The van der Waals surface area contributed by atoms with Gasteiger partial charge in [-0.1, -0.05) is 11.8 Å². The minimum absolute atomic E-state index is 0.223. The maximum atomic E-state index is 9.21. The highest BCUT2D eigenvalue weighted by molar-refractivity contribution is 7.98. The number of hydrogen-bond acceptors (Lipinski definition) is 7. The summed E-state index contributed by atoms with van der Waals surface area (Å²) in [5.41, 5.74) is 4.81. The molecule has 0 bridgehead atoms. The monoisotopic (exact) mass is 326 g/mol. The van der Waals surface area contributed by atoms with E-state index in [9.17, 15) is 5.11 Å². The number of phenols is 1. The van der Waals surface area contributed by atoms with Gasteiger partial charge in [0.05, 0.1) is 6.21 Å². The predicted molar refractivity (Wildman–Crippen MR) is 89.5 cm³/mol. The molecule has 0 amide bonds. The standard InChI is InChI=1S/C15H14N6OS/c22-13-3-1-11(2-4-13)9-17-19-14-18-15(21-20-14)23-10-12-5-7-16-8-6-12/h1-9,22H,10H2,(H2,18,19,20,21)/b17-9-. The van der Waals surface area contributed by atoms with Crippen molar-refractivity contribution in [1.82, 2.24) is 20.2 Å². The SMILES string of the molecule is Oc1ccc(/C=N\Nc2nc(SCc3ccncc3)n[nH]2)cc1. The number of pyridine rings is 1. The lowest BCUT2D eigenvalue weighted by Gasteiger charge is -1.96. The van der Waals surface area contributed by atoms with Crippen molar-refractivity contribution in [3.63, 3.8) is 0 Å². The molecule has 7 nitrogen and oxygen atoms in total. The third kappa shape index (κ3) is 4.55. The van der Waals surface area contributed by atoms with Crippen molar-refractivity contribution < 1.29 is 5.11 Å². The number of aromatic amines is 1. The van der Waals surface area contributed by atoms with E-state index >= 15 is 0 Å². The van der Waals surface area contributed by atoms with Gasteiger partial charge in [0, 0.05) is 18.1 Å². The van der Waals surface area contributed by atoms with Gasteiger partial charge in [-0.05, 0) is 47.5 Å². The quantitative estimate of drug-likeness (QED) is 0.366. The number of aromatic nitrogens is 4. The van der Waals surface area contributed by atoms with Gasteiger partial charge in [0.1, 0.15) is 5.75 Å². The molecule has 8 heteroatoms. The average molecular weight is 326 g/mol. The van der Waals surface area contributed by atoms with Gasteiger partial charge in [0.2, 0.25) is 11.1 Å². The number of phenolic OH excluding ortho intramolecular Hbond substituents is 1. The fourth-order valence-corrected chi connectivity index (χ4v) is 2.47. The molecule has 0 aliphatic heterocycles. The molecule has 0 unspecified atom stereocenters. The van der Waals surface area contributed by atoms with Crippen LogP contribution < -0.4 is 5.43 Å². The summed E-state index contributed by atoms with van der Waals surface area (Å²) < 4.78 is 0. The van der Waals surface area contributed by atoms with E-state index in [2.05, 4.69) is 30.7 Å². The molecule has 2 heterocycles. The van der Waals surface area contributed by atoms with Crippen LogP contribution in [0.1, 0.15) is 11.1 Å². The highest BCUT2D eigenvalue weighted by Gasteiger charge is 2.03. The van der Waals surface area contributed by atoms with Crippen LogP contribution in [0.2, 0.25) is 0 Å². The molecular formula is C15H14N6OS. The Morgan fingerprint density at radius 3 is 2.74 bits per heavy atom. The van der Waals surface area contributed by atoms with Crippen LogP contribution in [0.5, 0.6) is 5.75 Å². The number of thioether (sulfide) groups is 1. The van der Waals surface area contributed by atoms with Crippen molar-refractivity contribution in [3.8, 4) is 5.75 Å². The molecule has 0 saturated carbocycles. The molecule has 3 N–H and O–H groups in total. The first-order valence-corrected chi connectivity index (χ1v) is 7.80. The molecule has 0 radical (unpaired) electrons. The van der Waals surface area contributed by atoms with Crippen LogP contribution in [-0.2, 0) is 5.75 Å². The topological polar surface area (TPSA) is 99.1 Å². The predicted octanol–water partition coefficient (Wildman–Crippen LogP) is 2.64. The smallest absolute Gasteiger partial charge is 0.240 e. The van der Waals surface area contributed by atoms with E-state index in [0.29, 0.717) is 11.1 Å². The van der Waals surface area contributed by atoms with Crippen LogP contribution >= 0.6 is 11.8 Å². The maximum absolute atomic E-state index is 9.21. The summed E-state index contributed by atoms with van der Waals surface area (Å²) in [6, 6.07) is 10.6. The highest BCUT2D eigenvalue weighted by atomic mass is 32.2. The number of nitrogens with one attached hydrogen (secondary N) is 2. The molecule has 0 spiro atoms. The Balaban J connectivity index is 1.52. The van der Waals surface area contributed by atoms with E-state index < -0.39 is 0 Å². The molecule has 0 atom stereocenters. The van der Waals surface area contributed by atoms with E-state index in [-0.39, 0.29) is 5.75 Å². The van der Waals surface area contributed by atoms with Crippen LogP contribution in [0.15, 0.2) is 59.0 Å². The van der Waals surface area contributed by atoms with Gasteiger partial charge in [-0.2, -0.15) is 10.1 Å². The molecule has 1 aromatic carbocycles. The molecule has 116 valence electrons. The Labute approximate surface area is 136 Å². The van der Waals surface area contributed by atoms with E-state index in [1.54, 1.807) is 42.9 Å². The molecule has 3 aromatic rings. The zero-order valence-electron chi connectivity index (χ0n) is 12.0. The van der Waals surface area contributed by atoms with Crippen molar-refractivity contribution in [2.75, 3.05) is 5.43 Å². The Kier molecular flexibility index (Phi) is 4.85. The fraction of sp³-hybridized carbons (Fsp3) is 0.0667. The molecule has 0 fully saturated rings. The molecule has 2 aromatic heterocycles. The average Bonchev–Trinajstić information content (AvgIpc) is 3.04. The van der Waals surface area contributed by atoms with Gasteiger partial charge in [0.15, 0.2) is 0 Å². The van der Waals surface area contributed by atoms with Crippen LogP contribution in [-0.4, -0.2) is 31.5 Å². The summed E-state index contributed by atoms with van der Waals surface area (Å²) in [6.07, 6.45) is 5.16. The third-order valence-electron chi connectivity index (χ3n) is 2.86. The fourth-order valence-electron chi connectivity index (χ4n) is 1.72. The lowest BCUT2D eigenvalue weighted by atomic mass is 10.2. The lowest BCUT2D eigenvalue weighted by Crippen LogP contribution is -1.92. The van der Waals surface area contributed by atoms with E-state index in [0.717, 1.165) is 16.9 Å². The lowest BCUT2D eigenvalue weighted by molar-refractivity contribution is 0.475. The molecule has 0 aliphatic carbocycles. The van der Waals surface area contributed by atoms with Gasteiger partial charge in [-0.15, -0.1) is 5.10 Å². The number of H-pyrrole nitrogens is 1. The zero-order chi connectivity index (χ0) is 15.9. The maximum Gasteiger partial charge on any atom is 0.240 e. The van der Waals surface area contributed by atoms with Gasteiger partial charge in [-0.25, -0.2) is 10.5 Å². The summed E-state index contributed by atoms with van der Waals surface area (Å²) >= 11 is 1.52. The minimum atomic E-state index is 0.223. The van der Waals surface area contributed by atoms with Gasteiger partial charge in [0.25, 0.3) is 0 Å². The summed E-state index contributed by atoms with van der Waals surface area (Å²) in [5.74, 6) is 1.47. The van der Waals surface area contributed by atoms with Gasteiger partial charge >= 0.3 is 0 Å². The summed E-state index contributed by atoms with van der Waals surface area (Å²) in [5, 5.41) is 20.8. The Bertz CT molecular complexity index is 772. The first-order chi connectivity index (χ1) is 11.3. The number of hydrogen-bond donors (Lipinski definition) is 3. The number of anilines is 1. The van der Waals surface area contributed by atoms with Crippen LogP contribution in [0, 0.1) is 0 Å².